The van der Waals surface area contributed by atoms with Crippen LogP contribution in [0.15, 0.2) is 18.3 Å². The van der Waals surface area contributed by atoms with E-state index in [1.165, 1.54) is 19.4 Å². The third-order valence-corrected chi connectivity index (χ3v) is 1.91. The molecule has 86 valence electrons. The molecular formula is C9H11N3O4. The van der Waals surface area contributed by atoms with E-state index in [1.807, 2.05) is 0 Å². The van der Waals surface area contributed by atoms with Gasteiger partial charge in [-0.3, -0.25) is 0 Å². The van der Waals surface area contributed by atoms with E-state index in [0.29, 0.717) is 12.4 Å². The largest absolute Gasteiger partial charge is 0.466 e. The topological polar surface area (TPSA) is 87.3 Å². The third kappa shape index (κ3) is 2.91. The van der Waals surface area contributed by atoms with Crippen molar-refractivity contribution in [3.8, 4) is 0 Å². The molecule has 0 fully saturated rings. The van der Waals surface area contributed by atoms with Gasteiger partial charge in [-0.2, -0.15) is 0 Å². The van der Waals surface area contributed by atoms with Gasteiger partial charge < -0.3 is 19.4 Å². The number of aryl methyl sites for hydroxylation is 1. The Morgan fingerprint density at radius 2 is 2.44 bits per heavy atom. The second kappa shape index (κ2) is 5.06. The molecular weight excluding hydrogens is 214 g/mol. The number of hydrogen-bond donors (Lipinski definition) is 0. The summed E-state index contributed by atoms with van der Waals surface area (Å²) in [6, 6.07) is 0. The Balaban J connectivity index is 2.71. The molecule has 7 heteroatoms. The molecule has 0 spiro atoms. The number of aromatic nitrogens is 2. The van der Waals surface area contributed by atoms with Crippen molar-refractivity contribution in [2.45, 2.75) is 13.5 Å². The van der Waals surface area contributed by atoms with Gasteiger partial charge in [0.15, 0.2) is 0 Å². The zero-order chi connectivity index (χ0) is 12.1. The maximum absolute atomic E-state index is 10.8. The molecule has 1 aromatic rings. The molecule has 0 amide bonds. The van der Waals surface area contributed by atoms with Gasteiger partial charge in [0.2, 0.25) is 5.82 Å². The molecule has 1 aromatic heterocycles. The van der Waals surface area contributed by atoms with E-state index in [0.717, 1.165) is 0 Å². The predicted molar refractivity (Wildman–Crippen MR) is 54.8 cm³/mol. The average molecular weight is 225 g/mol. The first-order valence-electron chi connectivity index (χ1n) is 4.47. The van der Waals surface area contributed by atoms with E-state index in [1.54, 1.807) is 17.6 Å². The summed E-state index contributed by atoms with van der Waals surface area (Å²) in [6.45, 7) is 1.99. The molecule has 0 aliphatic rings. The second-order valence-electron chi connectivity index (χ2n) is 2.98. The predicted octanol–water partition coefficient (Wildman–Crippen LogP) is 0.829. The highest BCUT2D eigenvalue weighted by atomic mass is 16.6. The number of nitrogens with zero attached hydrogens (tertiary/aromatic N) is 3. The lowest BCUT2D eigenvalue weighted by Crippen LogP contribution is -1.98. The minimum absolute atomic E-state index is 0.205. The minimum atomic E-state index is -0.562. The van der Waals surface area contributed by atoms with Crippen LogP contribution in [0.2, 0.25) is 0 Å². The number of nitro groups is 1. The van der Waals surface area contributed by atoms with E-state index in [-0.39, 0.29) is 5.82 Å². The summed E-state index contributed by atoms with van der Waals surface area (Å²) in [5.74, 6) is -0.155. The fourth-order valence-electron chi connectivity index (χ4n) is 1.09. The molecule has 0 N–H and O–H groups in total. The molecule has 0 saturated heterocycles. The van der Waals surface area contributed by atoms with Crippen molar-refractivity contribution < 1.29 is 14.5 Å². The summed E-state index contributed by atoms with van der Waals surface area (Å²) in [7, 11) is 1.28. The van der Waals surface area contributed by atoms with Crippen LogP contribution < -0.4 is 0 Å². The lowest BCUT2D eigenvalue weighted by Gasteiger charge is -1.95. The first-order chi connectivity index (χ1) is 7.54. The van der Waals surface area contributed by atoms with Gasteiger partial charge in [0.25, 0.3) is 0 Å². The molecule has 1 rings (SSSR count). The Morgan fingerprint density at radius 3 is 2.94 bits per heavy atom. The van der Waals surface area contributed by atoms with E-state index < -0.39 is 10.9 Å². The smallest absolute Gasteiger partial charge is 0.381 e. The number of imidazole rings is 1. The molecule has 1 heterocycles. The van der Waals surface area contributed by atoms with Gasteiger partial charge in [0.05, 0.1) is 7.11 Å². The van der Waals surface area contributed by atoms with Gasteiger partial charge in [-0.25, -0.2) is 4.79 Å². The summed E-state index contributed by atoms with van der Waals surface area (Å²) < 4.78 is 5.97. The van der Waals surface area contributed by atoms with Crippen LogP contribution >= 0.6 is 0 Å². The summed E-state index contributed by atoms with van der Waals surface area (Å²) in [5.41, 5.74) is 0. The quantitative estimate of drug-likeness (QED) is 0.328. The van der Waals surface area contributed by atoms with E-state index in [9.17, 15) is 14.9 Å². The summed E-state index contributed by atoms with van der Waals surface area (Å²) in [5, 5.41) is 10.4. The Hall–Kier alpha value is -2.18. The lowest BCUT2D eigenvalue weighted by molar-refractivity contribution is -0.389. The normalized spacial score (nSPS) is 10.6. The lowest BCUT2D eigenvalue weighted by atomic mass is 10.5. The number of hydrogen-bond acceptors (Lipinski definition) is 5. The van der Waals surface area contributed by atoms with Crippen molar-refractivity contribution >= 4 is 11.8 Å². The summed E-state index contributed by atoms with van der Waals surface area (Å²) in [4.78, 5) is 24.4. The highest BCUT2D eigenvalue weighted by molar-refractivity contribution is 5.81. The number of methoxy groups -OCH3 is 1. The van der Waals surface area contributed by atoms with Crippen molar-refractivity contribution in [3.05, 3.63) is 34.3 Å². The van der Waals surface area contributed by atoms with Crippen LogP contribution in [0.3, 0.4) is 0 Å². The monoisotopic (exact) mass is 225 g/mol. The van der Waals surface area contributed by atoms with Crippen LogP contribution in [0.4, 0.5) is 5.82 Å². The zero-order valence-corrected chi connectivity index (χ0v) is 8.91. The number of carbonyl (C=O) groups excluding carboxylic acids is 1. The number of allylic oxidation sites excluding steroid dienone is 1. The molecule has 0 saturated carbocycles. The fourth-order valence-corrected chi connectivity index (χ4v) is 1.09. The maximum atomic E-state index is 10.8. The standard InChI is InChI=1S/C9H11N3O4/c1-7-10-8(12(14)15)6-11(7)5-3-4-9(13)16-2/h3-4,6H,5H2,1-2H3/b4-3+. The molecule has 16 heavy (non-hydrogen) atoms. The number of ether oxygens (including phenoxy) is 1. The van der Waals surface area contributed by atoms with Crippen LogP contribution in [-0.2, 0) is 16.1 Å². The average Bonchev–Trinajstić information content (AvgIpc) is 2.60. The second-order valence-corrected chi connectivity index (χ2v) is 2.98. The first-order valence-corrected chi connectivity index (χ1v) is 4.47. The summed E-state index contributed by atoms with van der Waals surface area (Å²) in [6.07, 6.45) is 4.12. The molecule has 0 aliphatic heterocycles. The van der Waals surface area contributed by atoms with Gasteiger partial charge >= 0.3 is 11.8 Å². The van der Waals surface area contributed by atoms with Gasteiger partial charge in [-0.15, -0.1) is 0 Å². The Kier molecular flexibility index (Phi) is 3.76. The third-order valence-electron chi connectivity index (χ3n) is 1.91. The highest BCUT2D eigenvalue weighted by Gasteiger charge is 2.13. The molecule has 0 radical (unpaired) electrons. The van der Waals surface area contributed by atoms with Gasteiger partial charge in [0, 0.05) is 19.5 Å². The highest BCUT2D eigenvalue weighted by Crippen LogP contribution is 2.09. The van der Waals surface area contributed by atoms with Gasteiger partial charge in [-0.05, 0) is 9.91 Å². The van der Waals surface area contributed by atoms with Crippen molar-refractivity contribution in [2.75, 3.05) is 7.11 Å². The SMILES string of the molecule is COC(=O)/C=C/Cn1cc([N+](=O)[O-])nc1C. The van der Waals surface area contributed by atoms with Crippen molar-refractivity contribution in [1.82, 2.24) is 9.55 Å². The van der Waals surface area contributed by atoms with Crippen molar-refractivity contribution in [2.24, 2.45) is 0 Å². The van der Waals surface area contributed by atoms with E-state index in [4.69, 9.17) is 0 Å². The molecule has 7 nitrogen and oxygen atoms in total. The van der Waals surface area contributed by atoms with Gasteiger partial charge in [0.1, 0.15) is 6.20 Å². The van der Waals surface area contributed by atoms with Crippen LogP contribution in [0, 0.1) is 17.0 Å². The minimum Gasteiger partial charge on any atom is -0.466 e. The fraction of sp³-hybridized carbons (Fsp3) is 0.333. The van der Waals surface area contributed by atoms with Crippen molar-refractivity contribution in [1.29, 1.82) is 0 Å². The van der Waals surface area contributed by atoms with E-state index in [2.05, 4.69) is 9.72 Å². The molecule has 0 atom stereocenters. The Labute approximate surface area is 91.5 Å². The number of rotatable bonds is 4. The van der Waals surface area contributed by atoms with Gasteiger partial charge in [-0.1, -0.05) is 6.08 Å². The van der Waals surface area contributed by atoms with Crippen LogP contribution in [-0.4, -0.2) is 27.6 Å². The number of carbonyl (C=O) groups is 1. The molecule has 0 bridgehead atoms. The summed E-state index contributed by atoms with van der Waals surface area (Å²) >= 11 is 0. The Morgan fingerprint density at radius 1 is 1.75 bits per heavy atom. The number of esters is 1. The van der Waals surface area contributed by atoms with E-state index >= 15 is 0 Å². The van der Waals surface area contributed by atoms with Crippen LogP contribution in [0.25, 0.3) is 0 Å². The zero-order valence-electron chi connectivity index (χ0n) is 8.91. The molecule has 0 unspecified atom stereocenters. The molecule has 0 aromatic carbocycles. The molecule has 0 aliphatic carbocycles. The maximum Gasteiger partial charge on any atom is 0.381 e. The Bertz CT molecular complexity index is 436. The first kappa shape index (κ1) is 11.9. The van der Waals surface area contributed by atoms with Crippen molar-refractivity contribution in [3.63, 3.8) is 0 Å². The van der Waals surface area contributed by atoms with Crippen LogP contribution in [0.1, 0.15) is 5.82 Å². The van der Waals surface area contributed by atoms with Crippen LogP contribution in [0.5, 0.6) is 0 Å².